The summed E-state index contributed by atoms with van der Waals surface area (Å²) in [4.78, 5) is 12.4. The fourth-order valence-electron chi connectivity index (χ4n) is 2.82. The highest BCUT2D eigenvalue weighted by atomic mass is 16.1. The zero-order valence-corrected chi connectivity index (χ0v) is 13.9. The molecule has 0 bridgehead atoms. The van der Waals surface area contributed by atoms with Crippen LogP contribution < -0.4 is 5.56 Å². The molecule has 0 saturated carbocycles. The van der Waals surface area contributed by atoms with Gasteiger partial charge in [-0.05, 0) is 23.1 Å². The highest BCUT2D eigenvalue weighted by Crippen LogP contribution is 2.19. The smallest absolute Gasteiger partial charge is 0.267 e. The van der Waals surface area contributed by atoms with Gasteiger partial charge in [0.05, 0.1) is 17.1 Å². The predicted molar refractivity (Wildman–Crippen MR) is 95.0 cm³/mol. The third-order valence-electron chi connectivity index (χ3n) is 4.18. The first-order valence-corrected chi connectivity index (χ1v) is 8.04. The lowest BCUT2D eigenvalue weighted by Gasteiger charge is -2.10. The molecule has 4 nitrogen and oxygen atoms in total. The Balaban J connectivity index is 2.07. The molecule has 0 fully saturated rings. The second kappa shape index (κ2) is 6.67. The average molecular weight is 317 g/mol. The van der Waals surface area contributed by atoms with Crippen LogP contribution in [0.4, 0.5) is 0 Å². The van der Waals surface area contributed by atoms with Crippen molar-refractivity contribution < 1.29 is 0 Å². The first-order chi connectivity index (χ1) is 11.6. The van der Waals surface area contributed by atoms with Crippen molar-refractivity contribution >= 4 is 10.8 Å². The van der Waals surface area contributed by atoms with Crippen LogP contribution in [0.3, 0.4) is 0 Å². The minimum absolute atomic E-state index is 0.0387. The summed E-state index contributed by atoms with van der Waals surface area (Å²) in [6.45, 7) is 4.30. The monoisotopic (exact) mass is 317 g/mol. The fourth-order valence-corrected chi connectivity index (χ4v) is 2.82. The van der Waals surface area contributed by atoms with Crippen molar-refractivity contribution in [2.75, 3.05) is 0 Å². The SMILES string of the molecule is CC(C)c1ccc(Cc2nn(CC#N)c(=O)c3ccccc23)cc1. The molecule has 0 aliphatic heterocycles. The maximum Gasteiger partial charge on any atom is 0.275 e. The molecular formula is C20H19N3O. The second-order valence-electron chi connectivity index (χ2n) is 6.19. The molecule has 3 rings (SSSR count). The zero-order valence-electron chi connectivity index (χ0n) is 13.9. The lowest BCUT2D eigenvalue weighted by molar-refractivity contribution is 0.651. The summed E-state index contributed by atoms with van der Waals surface area (Å²) in [7, 11) is 0. The molecule has 0 unspecified atom stereocenters. The van der Waals surface area contributed by atoms with Crippen LogP contribution in [0.25, 0.3) is 10.8 Å². The van der Waals surface area contributed by atoms with E-state index < -0.39 is 0 Å². The molecule has 0 N–H and O–H groups in total. The van der Waals surface area contributed by atoms with Crippen molar-refractivity contribution in [2.45, 2.75) is 32.7 Å². The maximum absolute atomic E-state index is 12.4. The van der Waals surface area contributed by atoms with Crippen molar-refractivity contribution in [3.8, 4) is 6.07 Å². The first kappa shape index (κ1) is 15.9. The predicted octanol–water partition coefficient (Wildman–Crippen LogP) is 3.63. The molecule has 1 heterocycles. The number of fused-ring (bicyclic) bond motifs is 1. The van der Waals surface area contributed by atoms with Crippen LogP contribution in [0.1, 0.15) is 36.6 Å². The molecule has 4 heteroatoms. The summed E-state index contributed by atoms with van der Waals surface area (Å²) in [5.41, 5.74) is 3.04. The molecule has 0 aliphatic rings. The van der Waals surface area contributed by atoms with E-state index in [9.17, 15) is 4.79 Å². The Morgan fingerprint density at radius 2 is 1.75 bits per heavy atom. The van der Waals surface area contributed by atoms with Gasteiger partial charge in [0.15, 0.2) is 0 Å². The molecule has 120 valence electrons. The lowest BCUT2D eigenvalue weighted by atomic mass is 9.99. The second-order valence-corrected chi connectivity index (χ2v) is 6.19. The largest absolute Gasteiger partial charge is 0.275 e. The van der Waals surface area contributed by atoms with Gasteiger partial charge in [-0.3, -0.25) is 4.79 Å². The Bertz CT molecular complexity index is 963. The van der Waals surface area contributed by atoms with Crippen molar-refractivity contribution in [1.82, 2.24) is 9.78 Å². The lowest BCUT2D eigenvalue weighted by Crippen LogP contribution is -2.24. The molecule has 0 spiro atoms. The van der Waals surface area contributed by atoms with E-state index in [1.165, 1.54) is 10.2 Å². The van der Waals surface area contributed by atoms with Crippen molar-refractivity contribution in [1.29, 1.82) is 5.26 Å². The van der Waals surface area contributed by atoms with Crippen LogP contribution in [-0.4, -0.2) is 9.78 Å². The van der Waals surface area contributed by atoms with Gasteiger partial charge in [0, 0.05) is 11.8 Å². The maximum atomic E-state index is 12.4. The zero-order chi connectivity index (χ0) is 17.1. The summed E-state index contributed by atoms with van der Waals surface area (Å²) in [5, 5.41) is 14.8. The summed E-state index contributed by atoms with van der Waals surface area (Å²) < 4.78 is 1.25. The fraction of sp³-hybridized carbons (Fsp3) is 0.250. The summed E-state index contributed by atoms with van der Waals surface area (Å²) in [6.07, 6.45) is 0.630. The standard InChI is InChI=1S/C20H19N3O/c1-14(2)16-9-7-15(8-10-16)13-19-17-5-3-4-6-18(17)20(24)23(22-19)12-11-21/h3-10,14H,12-13H2,1-2H3. The van der Waals surface area contributed by atoms with Gasteiger partial charge in [0.25, 0.3) is 5.56 Å². The Morgan fingerprint density at radius 3 is 2.38 bits per heavy atom. The van der Waals surface area contributed by atoms with E-state index in [1.807, 2.05) is 24.3 Å². The third kappa shape index (κ3) is 3.07. The molecule has 2 aromatic carbocycles. The molecule has 0 aliphatic carbocycles. The minimum Gasteiger partial charge on any atom is -0.267 e. The number of rotatable bonds is 4. The van der Waals surface area contributed by atoms with Crippen molar-refractivity contribution in [2.24, 2.45) is 0 Å². The van der Waals surface area contributed by atoms with Gasteiger partial charge in [0.1, 0.15) is 6.54 Å². The molecule has 0 radical (unpaired) electrons. The van der Waals surface area contributed by atoms with E-state index in [2.05, 4.69) is 43.2 Å². The Labute approximate surface area is 141 Å². The van der Waals surface area contributed by atoms with E-state index in [0.717, 1.165) is 16.6 Å². The number of nitrogens with zero attached hydrogens (tertiary/aromatic N) is 3. The van der Waals surface area contributed by atoms with Gasteiger partial charge in [-0.25, -0.2) is 4.68 Å². The van der Waals surface area contributed by atoms with Gasteiger partial charge in [-0.1, -0.05) is 56.3 Å². The molecular weight excluding hydrogens is 298 g/mol. The molecule has 0 atom stereocenters. The average Bonchev–Trinajstić information content (AvgIpc) is 2.59. The molecule has 1 aromatic heterocycles. The van der Waals surface area contributed by atoms with E-state index in [4.69, 9.17) is 5.26 Å². The van der Waals surface area contributed by atoms with Gasteiger partial charge in [-0.2, -0.15) is 10.4 Å². The Hall–Kier alpha value is -2.93. The number of nitriles is 1. The Kier molecular flexibility index (Phi) is 4.43. The van der Waals surface area contributed by atoms with E-state index in [0.29, 0.717) is 17.7 Å². The van der Waals surface area contributed by atoms with Gasteiger partial charge < -0.3 is 0 Å². The summed E-state index contributed by atoms with van der Waals surface area (Å²) in [6, 6.07) is 17.9. The van der Waals surface area contributed by atoms with E-state index in [-0.39, 0.29) is 12.1 Å². The normalized spacial score (nSPS) is 10.9. The van der Waals surface area contributed by atoms with Crippen LogP contribution in [0.2, 0.25) is 0 Å². The molecule has 0 saturated heterocycles. The quantitative estimate of drug-likeness (QED) is 0.738. The number of aromatic nitrogens is 2. The first-order valence-electron chi connectivity index (χ1n) is 8.04. The molecule has 3 aromatic rings. The van der Waals surface area contributed by atoms with Gasteiger partial charge in [-0.15, -0.1) is 0 Å². The third-order valence-corrected chi connectivity index (χ3v) is 4.18. The van der Waals surface area contributed by atoms with Crippen LogP contribution in [0, 0.1) is 11.3 Å². The minimum atomic E-state index is -0.217. The topological polar surface area (TPSA) is 58.7 Å². The summed E-state index contributed by atoms with van der Waals surface area (Å²) >= 11 is 0. The van der Waals surface area contributed by atoms with Crippen molar-refractivity contribution in [3.05, 3.63) is 75.7 Å². The molecule has 0 amide bonds. The highest BCUT2D eigenvalue weighted by molar-refractivity contribution is 5.83. The number of hydrogen-bond acceptors (Lipinski definition) is 3. The number of benzene rings is 2. The molecule has 24 heavy (non-hydrogen) atoms. The van der Waals surface area contributed by atoms with Gasteiger partial charge >= 0.3 is 0 Å². The Morgan fingerprint density at radius 1 is 1.08 bits per heavy atom. The number of hydrogen-bond donors (Lipinski definition) is 0. The van der Waals surface area contributed by atoms with Gasteiger partial charge in [0.2, 0.25) is 0 Å². The van der Waals surface area contributed by atoms with E-state index in [1.54, 1.807) is 6.07 Å². The highest BCUT2D eigenvalue weighted by Gasteiger charge is 2.11. The van der Waals surface area contributed by atoms with Crippen LogP contribution in [-0.2, 0) is 13.0 Å². The van der Waals surface area contributed by atoms with Crippen LogP contribution in [0.5, 0.6) is 0 Å². The van der Waals surface area contributed by atoms with Crippen molar-refractivity contribution in [3.63, 3.8) is 0 Å². The van der Waals surface area contributed by atoms with Crippen LogP contribution in [0.15, 0.2) is 53.3 Å². The van der Waals surface area contributed by atoms with Crippen LogP contribution >= 0.6 is 0 Å². The summed E-state index contributed by atoms with van der Waals surface area (Å²) in [5.74, 6) is 0.496. The van der Waals surface area contributed by atoms with E-state index >= 15 is 0 Å².